The number of amides is 1. The molecular formula is C20H19N3O4S. The summed E-state index contributed by atoms with van der Waals surface area (Å²) >= 11 is 5.11. The van der Waals surface area contributed by atoms with Gasteiger partial charge in [-0.05, 0) is 60.6 Å². The minimum Gasteiger partial charge on any atom is -0.489 e. The molecule has 0 spiro atoms. The Bertz CT molecular complexity index is 923. The van der Waals surface area contributed by atoms with Crippen LogP contribution >= 0.6 is 12.2 Å². The van der Waals surface area contributed by atoms with Gasteiger partial charge < -0.3 is 10.1 Å². The normalized spacial score (nSPS) is 10.3. The number of nitrogens with zero attached hydrogens (tertiary/aromatic N) is 1. The Morgan fingerprint density at radius 1 is 1.29 bits per heavy atom. The molecular weight excluding hydrogens is 378 g/mol. The molecule has 144 valence electrons. The molecule has 0 atom stereocenters. The number of ether oxygens (including phenoxy) is 1. The van der Waals surface area contributed by atoms with Crippen molar-refractivity contribution in [2.75, 3.05) is 11.9 Å². The summed E-state index contributed by atoms with van der Waals surface area (Å²) in [7, 11) is 0. The van der Waals surface area contributed by atoms with Gasteiger partial charge in [0.2, 0.25) is 5.91 Å². The third kappa shape index (κ3) is 7.00. The van der Waals surface area contributed by atoms with Crippen LogP contribution in [0.4, 0.5) is 11.4 Å². The maximum Gasteiger partial charge on any atom is 0.270 e. The second-order valence-electron chi connectivity index (χ2n) is 5.90. The highest BCUT2D eigenvalue weighted by molar-refractivity contribution is 7.80. The average molecular weight is 397 g/mol. The Labute approximate surface area is 167 Å². The van der Waals surface area contributed by atoms with Crippen LogP contribution in [0.3, 0.4) is 0 Å². The second-order valence-corrected chi connectivity index (χ2v) is 6.31. The molecule has 8 heteroatoms. The maximum absolute atomic E-state index is 12.0. The van der Waals surface area contributed by atoms with Crippen LogP contribution in [0.5, 0.6) is 5.75 Å². The lowest BCUT2D eigenvalue weighted by Crippen LogP contribution is -2.32. The van der Waals surface area contributed by atoms with E-state index in [1.165, 1.54) is 24.3 Å². The molecule has 0 aliphatic carbocycles. The summed E-state index contributed by atoms with van der Waals surface area (Å²) in [5.41, 5.74) is 2.10. The van der Waals surface area contributed by atoms with Crippen molar-refractivity contribution in [2.24, 2.45) is 0 Å². The smallest absolute Gasteiger partial charge is 0.270 e. The van der Waals surface area contributed by atoms with Gasteiger partial charge in [0, 0.05) is 23.9 Å². The lowest BCUT2D eigenvalue weighted by atomic mass is 10.2. The second kappa shape index (κ2) is 9.98. The topological polar surface area (TPSA) is 93.5 Å². The van der Waals surface area contributed by atoms with Gasteiger partial charge in [-0.2, -0.15) is 0 Å². The van der Waals surface area contributed by atoms with E-state index in [-0.39, 0.29) is 10.8 Å². The van der Waals surface area contributed by atoms with Gasteiger partial charge in [-0.15, -0.1) is 0 Å². The van der Waals surface area contributed by atoms with E-state index < -0.39 is 10.8 Å². The zero-order chi connectivity index (χ0) is 20.5. The van der Waals surface area contributed by atoms with Gasteiger partial charge in [-0.3, -0.25) is 20.2 Å². The first-order chi connectivity index (χ1) is 13.3. The first kappa shape index (κ1) is 20.8. The molecule has 1 amide bonds. The summed E-state index contributed by atoms with van der Waals surface area (Å²) in [6.45, 7) is 6.09. The SMILES string of the molecule is C=C(C)COc1ccc(NC(=S)NC(=O)/C=C/c2cccc([N+](=O)[O-])c2)cc1. The van der Waals surface area contributed by atoms with Crippen LogP contribution in [0.2, 0.25) is 0 Å². The van der Waals surface area contributed by atoms with Crippen molar-refractivity contribution < 1.29 is 14.5 Å². The summed E-state index contributed by atoms with van der Waals surface area (Å²) in [6.07, 6.45) is 2.72. The van der Waals surface area contributed by atoms with Crippen molar-refractivity contribution in [1.29, 1.82) is 0 Å². The number of non-ortho nitro benzene ring substituents is 1. The predicted molar refractivity (Wildman–Crippen MR) is 113 cm³/mol. The summed E-state index contributed by atoms with van der Waals surface area (Å²) in [5, 5.41) is 16.3. The van der Waals surface area contributed by atoms with E-state index >= 15 is 0 Å². The number of hydrogen-bond donors (Lipinski definition) is 2. The number of carbonyl (C=O) groups is 1. The number of carbonyl (C=O) groups excluding carboxylic acids is 1. The van der Waals surface area contributed by atoms with Crippen molar-refractivity contribution in [3.8, 4) is 5.75 Å². The number of thiocarbonyl (C=S) groups is 1. The van der Waals surface area contributed by atoms with Crippen LogP contribution in [0.1, 0.15) is 12.5 Å². The van der Waals surface area contributed by atoms with E-state index in [4.69, 9.17) is 17.0 Å². The monoisotopic (exact) mass is 397 g/mol. The van der Waals surface area contributed by atoms with Crippen molar-refractivity contribution in [3.05, 3.63) is 82.4 Å². The van der Waals surface area contributed by atoms with Crippen molar-refractivity contribution in [3.63, 3.8) is 0 Å². The number of rotatable bonds is 7. The molecule has 2 N–H and O–H groups in total. The molecule has 0 unspecified atom stereocenters. The summed E-state index contributed by atoms with van der Waals surface area (Å²) in [6, 6.07) is 13.0. The number of nitro groups is 1. The number of benzene rings is 2. The molecule has 0 bridgehead atoms. The molecule has 0 heterocycles. The fourth-order valence-corrected chi connectivity index (χ4v) is 2.29. The highest BCUT2D eigenvalue weighted by atomic mass is 32.1. The fourth-order valence-electron chi connectivity index (χ4n) is 2.07. The molecule has 0 saturated heterocycles. The zero-order valence-corrected chi connectivity index (χ0v) is 16.0. The Balaban J connectivity index is 1.87. The quantitative estimate of drug-likeness (QED) is 0.240. The van der Waals surface area contributed by atoms with Gasteiger partial charge >= 0.3 is 0 Å². The Hall–Kier alpha value is -3.52. The molecule has 2 aromatic carbocycles. The average Bonchev–Trinajstić information content (AvgIpc) is 2.66. The molecule has 7 nitrogen and oxygen atoms in total. The van der Waals surface area contributed by atoms with E-state index in [9.17, 15) is 14.9 Å². The fraction of sp³-hybridized carbons (Fsp3) is 0.100. The number of hydrogen-bond acceptors (Lipinski definition) is 5. The third-order valence-corrected chi connectivity index (χ3v) is 3.55. The van der Waals surface area contributed by atoms with Crippen LogP contribution < -0.4 is 15.4 Å². The zero-order valence-electron chi connectivity index (χ0n) is 15.2. The molecule has 2 aromatic rings. The molecule has 0 fully saturated rings. The molecule has 0 aromatic heterocycles. The van der Waals surface area contributed by atoms with Crippen molar-refractivity contribution in [2.45, 2.75) is 6.92 Å². The van der Waals surface area contributed by atoms with Gasteiger partial charge in [0.25, 0.3) is 5.69 Å². The van der Waals surface area contributed by atoms with Crippen LogP contribution in [0, 0.1) is 10.1 Å². The Morgan fingerprint density at radius 2 is 2.00 bits per heavy atom. The van der Waals surface area contributed by atoms with E-state index in [0.29, 0.717) is 23.6 Å². The molecule has 0 aliphatic heterocycles. The molecule has 0 saturated carbocycles. The minimum atomic E-state index is -0.495. The Morgan fingerprint density at radius 3 is 2.64 bits per heavy atom. The van der Waals surface area contributed by atoms with Gasteiger partial charge in [0.15, 0.2) is 5.11 Å². The van der Waals surface area contributed by atoms with Gasteiger partial charge in [0.1, 0.15) is 12.4 Å². The van der Waals surface area contributed by atoms with E-state index in [1.807, 2.05) is 6.92 Å². The highest BCUT2D eigenvalue weighted by Gasteiger charge is 2.05. The van der Waals surface area contributed by atoms with Crippen LogP contribution in [0.25, 0.3) is 6.08 Å². The van der Waals surface area contributed by atoms with E-state index in [0.717, 1.165) is 5.57 Å². The summed E-state index contributed by atoms with van der Waals surface area (Å²) in [5.74, 6) is 0.244. The lowest BCUT2D eigenvalue weighted by Gasteiger charge is -2.10. The minimum absolute atomic E-state index is 0.0459. The summed E-state index contributed by atoms with van der Waals surface area (Å²) < 4.78 is 5.51. The van der Waals surface area contributed by atoms with Crippen LogP contribution in [-0.4, -0.2) is 22.5 Å². The number of nitrogens with one attached hydrogen (secondary N) is 2. The van der Waals surface area contributed by atoms with Gasteiger partial charge in [-0.1, -0.05) is 18.7 Å². The van der Waals surface area contributed by atoms with Gasteiger partial charge in [0.05, 0.1) is 4.92 Å². The van der Waals surface area contributed by atoms with Crippen molar-refractivity contribution >= 4 is 40.7 Å². The molecule has 0 radical (unpaired) electrons. The van der Waals surface area contributed by atoms with Crippen LogP contribution in [0.15, 0.2) is 66.8 Å². The number of anilines is 1. The van der Waals surface area contributed by atoms with E-state index in [1.54, 1.807) is 36.4 Å². The molecule has 28 heavy (non-hydrogen) atoms. The van der Waals surface area contributed by atoms with E-state index in [2.05, 4.69) is 17.2 Å². The molecule has 2 rings (SSSR count). The van der Waals surface area contributed by atoms with Crippen LogP contribution in [-0.2, 0) is 4.79 Å². The first-order valence-electron chi connectivity index (χ1n) is 8.25. The van der Waals surface area contributed by atoms with Crippen molar-refractivity contribution in [1.82, 2.24) is 5.32 Å². The first-order valence-corrected chi connectivity index (χ1v) is 8.66. The molecule has 0 aliphatic rings. The lowest BCUT2D eigenvalue weighted by molar-refractivity contribution is -0.384. The largest absolute Gasteiger partial charge is 0.489 e. The summed E-state index contributed by atoms with van der Waals surface area (Å²) in [4.78, 5) is 22.2. The number of nitro benzene ring substituents is 1. The third-order valence-electron chi connectivity index (χ3n) is 3.34. The standard InChI is InChI=1S/C20H19N3O4S/c1-14(2)13-27-18-9-7-16(8-10-18)21-20(28)22-19(24)11-6-15-4-3-5-17(12-15)23(25)26/h3-12H,1,13H2,2H3,(H2,21,22,24,28)/b11-6+. The maximum atomic E-state index is 12.0. The van der Waals surface area contributed by atoms with Gasteiger partial charge in [-0.25, -0.2) is 0 Å². The predicted octanol–water partition coefficient (Wildman–Crippen LogP) is 4.08. The highest BCUT2D eigenvalue weighted by Crippen LogP contribution is 2.16. The Kier molecular flexibility index (Phi) is 7.41.